The van der Waals surface area contributed by atoms with Crippen molar-refractivity contribution in [2.24, 2.45) is 5.73 Å². The number of hydrazine groups is 1. The standard InChI is InChI=1S/C25H35N7O3/c1-4-27-25(35)32-23-17(2)30(15-19-10-7-9-18-11-8-14-28-22(18)19)24(34)20(12-5-6-13-26)31(23)21(33)16-29(32)3/h7-11,14,17,20,23H,4-6,12-13,15-16,26H2,1-3H3,(H,27,35)/t17-,20-,23-/m0/s1. The molecule has 2 saturated heterocycles. The number of pyridine rings is 1. The molecule has 0 radical (unpaired) electrons. The summed E-state index contributed by atoms with van der Waals surface area (Å²) in [4.78, 5) is 48.3. The van der Waals surface area contributed by atoms with Gasteiger partial charge in [-0.25, -0.2) is 14.8 Å². The minimum absolute atomic E-state index is 0.0360. The number of likely N-dealkylation sites (N-methyl/N-ethyl adjacent to an activating group) is 1. The van der Waals surface area contributed by atoms with E-state index >= 15 is 0 Å². The molecular weight excluding hydrogens is 446 g/mol. The Balaban J connectivity index is 1.74. The molecule has 0 unspecified atom stereocenters. The van der Waals surface area contributed by atoms with Crippen LogP contribution in [0.5, 0.6) is 0 Å². The fourth-order valence-electron chi connectivity index (χ4n) is 5.24. The van der Waals surface area contributed by atoms with E-state index in [1.165, 1.54) is 0 Å². The number of urea groups is 1. The second kappa shape index (κ2) is 10.6. The molecule has 10 heteroatoms. The van der Waals surface area contributed by atoms with Gasteiger partial charge in [0, 0.05) is 31.7 Å². The van der Waals surface area contributed by atoms with Crippen LogP contribution in [0.25, 0.3) is 10.9 Å². The van der Waals surface area contributed by atoms with E-state index in [0.29, 0.717) is 26.1 Å². The van der Waals surface area contributed by atoms with Crippen LogP contribution in [-0.2, 0) is 16.1 Å². The van der Waals surface area contributed by atoms with Gasteiger partial charge < -0.3 is 20.9 Å². The first-order valence-corrected chi connectivity index (χ1v) is 12.3. The largest absolute Gasteiger partial charge is 0.337 e. The predicted octanol–water partition coefficient (Wildman–Crippen LogP) is 1.51. The Morgan fingerprint density at radius 1 is 1.20 bits per heavy atom. The molecule has 0 spiro atoms. The van der Waals surface area contributed by atoms with Crippen LogP contribution in [-0.4, -0.2) is 87.6 Å². The summed E-state index contributed by atoms with van der Waals surface area (Å²) in [5.41, 5.74) is 7.48. The lowest BCUT2D eigenvalue weighted by Gasteiger charge is -2.57. The maximum absolute atomic E-state index is 13.9. The van der Waals surface area contributed by atoms with Crippen molar-refractivity contribution in [2.75, 3.05) is 26.7 Å². The number of amides is 4. The molecule has 1 aromatic carbocycles. The zero-order valence-electron chi connectivity index (χ0n) is 20.7. The van der Waals surface area contributed by atoms with E-state index in [0.717, 1.165) is 29.3 Å². The van der Waals surface area contributed by atoms with Crippen LogP contribution in [0.15, 0.2) is 36.5 Å². The van der Waals surface area contributed by atoms with Gasteiger partial charge in [0.2, 0.25) is 11.8 Å². The highest BCUT2D eigenvalue weighted by Crippen LogP contribution is 2.33. The number of nitrogens with two attached hydrogens (primary N) is 1. The maximum atomic E-state index is 13.9. The van der Waals surface area contributed by atoms with E-state index < -0.39 is 18.2 Å². The van der Waals surface area contributed by atoms with E-state index in [1.807, 2.05) is 44.2 Å². The first kappa shape index (κ1) is 24.9. The molecule has 2 aliphatic rings. The van der Waals surface area contributed by atoms with Crippen LogP contribution in [0, 0.1) is 0 Å². The number of hydrogen-bond acceptors (Lipinski definition) is 6. The van der Waals surface area contributed by atoms with E-state index in [4.69, 9.17) is 5.73 Å². The third-order valence-electron chi connectivity index (χ3n) is 6.91. The number of fused-ring (bicyclic) bond motifs is 2. The fourth-order valence-corrected chi connectivity index (χ4v) is 5.24. The number of carbonyl (C=O) groups is 3. The van der Waals surface area contributed by atoms with Crippen LogP contribution < -0.4 is 11.1 Å². The number of aromatic nitrogens is 1. The Morgan fingerprint density at radius 3 is 2.71 bits per heavy atom. The molecular formula is C25H35N7O3. The molecule has 0 saturated carbocycles. The lowest BCUT2D eigenvalue weighted by Crippen LogP contribution is -2.78. The molecule has 0 aliphatic carbocycles. The van der Waals surface area contributed by atoms with Gasteiger partial charge in [-0.15, -0.1) is 0 Å². The summed E-state index contributed by atoms with van der Waals surface area (Å²) >= 11 is 0. The normalized spacial score (nSPS) is 23.1. The number of rotatable bonds is 7. The molecule has 3 atom stereocenters. The zero-order valence-corrected chi connectivity index (χ0v) is 20.7. The highest BCUT2D eigenvalue weighted by Gasteiger charge is 2.53. The Bertz CT molecular complexity index is 1090. The summed E-state index contributed by atoms with van der Waals surface area (Å²) < 4.78 is 0. The molecule has 3 heterocycles. The number of carbonyl (C=O) groups excluding carboxylic acids is 3. The second-order valence-corrected chi connectivity index (χ2v) is 9.21. The van der Waals surface area contributed by atoms with Gasteiger partial charge in [0.05, 0.1) is 18.1 Å². The second-order valence-electron chi connectivity index (χ2n) is 9.21. The van der Waals surface area contributed by atoms with Crippen molar-refractivity contribution in [1.82, 2.24) is 30.1 Å². The SMILES string of the molecule is CCNC(=O)N1[C@H]2[C@H](C)N(Cc3cccc4cccnc34)C(=O)[C@H](CCCCN)N2C(=O)CN1C. The molecule has 188 valence electrons. The predicted molar refractivity (Wildman–Crippen MR) is 133 cm³/mol. The Hall–Kier alpha value is -3.24. The van der Waals surface area contributed by atoms with Gasteiger partial charge in [0.1, 0.15) is 12.2 Å². The maximum Gasteiger partial charge on any atom is 0.333 e. The van der Waals surface area contributed by atoms with Crippen LogP contribution in [0.1, 0.15) is 38.7 Å². The first-order chi connectivity index (χ1) is 16.9. The summed E-state index contributed by atoms with van der Waals surface area (Å²) in [5.74, 6) is -0.255. The topological polar surface area (TPSA) is 115 Å². The minimum Gasteiger partial charge on any atom is -0.337 e. The van der Waals surface area contributed by atoms with E-state index in [9.17, 15) is 14.4 Å². The molecule has 3 N–H and O–H groups in total. The smallest absolute Gasteiger partial charge is 0.333 e. The summed E-state index contributed by atoms with van der Waals surface area (Å²) in [6.45, 7) is 5.12. The van der Waals surface area contributed by atoms with Gasteiger partial charge in [0.15, 0.2) is 0 Å². The van der Waals surface area contributed by atoms with Gasteiger partial charge in [-0.05, 0) is 51.3 Å². The molecule has 2 aliphatic heterocycles. The average Bonchev–Trinajstić information content (AvgIpc) is 2.84. The van der Waals surface area contributed by atoms with Crippen LogP contribution in [0.2, 0.25) is 0 Å². The van der Waals surface area contributed by atoms with Crippen molar-refractivity contribution in [3.63, 3.8) is 0 Å². The Labute approximate surface area is 206 Å². The monoisotopic (exact) mass is 481 g/mol. The number of para-hydroxylation sites is 1. The lowest BCUT2D eigenvalue weighted by molar-refractivity contribution is -0.196. The molecule has 10 nitrogen and oxygen atoms in total. The number of nitrogens with one attached hydrogen (secondary N) is 1. The van der Waals surface area contributed by atoms with Crippen molar-refractivity contribution < 1.29 is 14.4 Å². The number of hydrogen-bond donors (Lipinski definition) is 2. The van der Waals surface area contributed by atoms with E-state index in [2.05, 4.69) is 10.3 Å². The van der Waals surface area contributed by atoms with E-state index in [1.54, 1.807) is 33.1 Å². The van der Waals surface area contributed by atoms with Crippen molar-refractivity contribution in [1.29, 1.82) is 0 Å². The summed E-state index contributed by atoms with van der Waals surface area (Å²) in [6, 6.07) is 8.45. The number of piperazine rings is 1. The summed E-state index contributed by atoms with van der Waals surface area (Å²) in [7, 11) is 1.73. The molecule has 2 aromatic rings. The van der Waals surface area contributed by atoms with Gasteiger partial charge in [-0.3, -0.25) is 14.6 Å². The molecule has 4 amide bonds. The lowest BCUT2D eigenvalue weighted by atomic mass is 9.95. The molecule has 2 fully saturated rings. The molecule has 35 heavy (non-hydrogen) atoms. The Kier molecular flexibility index (Phi) is 7.51. The summed E-state index contributed by atoms with van der Waals surface area (Å²) in [6.07, 6.45) is 3.12. The molecule has 0 bridgehead atoms. The van der Waals surface area contributed by atoms with Crippen molar-refractivity contribution in [3.8, 4) is 0 Å². The van der Waals surface area contributed by atoms with Gasteiger partial charge >= 0.3 is 6.03 Å². The fraction of sp³-hybridized carbons (Fsp3) is 0.520. The van der Waals surface area contributed by atoms with Crippen LogP contribution >= 0.6 is 0 Å². The summed E-state index contributed by atoms with van der Waals surface area (Å²) in [5, 5.41) is 7.10. The van der Waals surface area contributed by atoms with Gasteiger partial charge in [-0.1, -0.05) is 24.3 Å². The van der Waals surface area contributed by atoms with Crippen LogP contribution in [0.3, 0.4) is 0 Å². The first-order valence-electron chi connectivity index (χ1n) is 12.3. The number of unbranched alkanes of at least 4 members (excludes halogenated alkanes) is 1. The van der Waals surface area contributed by atoms with E-state index in [-0.39, 0.29) is 24.4 Å². The minimum atomic E-state index is -0.649. The average molecular weight is 482 g/mol. The third-order valence-corrected chi connectivity index (χ3v) is 6.91. The highest BCUT2D eigenvalue weighted by atomic mass is 16.2. The quantitative estimate of drug-likeness (QED) is 0.580. The van der Waals surface area contributed by atoms with Gasteiger partial charge in [-0.2, -0.15) is 0 Å². The molecule has 4 rings (SSSR count). The third kappa shape index (κ3) is 4.68. The number of nitrogens with zero attached hydrogens (tertiary/aromatic N) is 5. The van der Waals surface area contributed by atoms with Crippen molar-refractivity contribution in [2.45, 2.75) is 57.9 Å². The van der Waals surface area contributed by atoms with Crippen molar-refractivity contribution in [3.05, 3.63) is 42.1 Å². The van der Waals surface area contributed by atoms with Gasteiger partial charge in [0.25, 0.3) is 0 Å². The zero-order chi connectivity index (χ0) is 25.1. The Morgan fingerprint density at radius 2 is 1.97 bits per heavy atom. The van der Waals surface area contributed by atoms with Crippen LogP contribution in [0.4, 0.5) is 4.79 Å². The number of benzene rings is 1. The highest BCUT2D eigenvalue weighted by molar-refractivity contribution is 5.92. The van der Waals surface area contributed by atoms with Crippen molar-refractivity contribution >= 4 is 28.7 Å². The molecule has 1 aromatic heterocycles.